The lowest BCUT2D eigenvalue weighted by Gasteiger charge is -2.08. The Bertz CT molecular complexity index is 579. The molecule has 0 fully saturated rings. The molecule has 19 heavy (non-hydrogen) atoms. The van der Waals surface area contributed by atoms with E-state index < -0.39 is 0 Å². The summed E-state index contributed by atoms with van der Waals surface area (Å²) in [4.78, 5) is 4.22. The zero-order chi connectivity index (χ0) is 13.7. The van der Waals surface area contributed by atoms with E-state index in [0.29, 0.717) is 12.2 Å². The smallest absolute Gasteiger partial charge is 0.193 e. The second kappa shape index (κ2) is 6.00. The van der Waals surface area contributed by atoms with E-state index in [1.54, 1.807) is 6.07 Å². The highest BCUT2D eigenvalue weighted by molar-refractivity contribution is 5.92. The Morgan fingerprint density at radius 1 is 1.21 bits per heavy atom. The quantitative estimate of drug-likeness (QED) is 0.656. The number of benzene rings is 2. The first-order chi connectivity index (χ1) is 9.15. The van der Waals surface area contributed by atoms with Crippen LogP contribution in [0.15, 0.2) is 53.5 Å². The van der Waals surface area contributed by atoms with Crippen molar-refractivity contribution in [3.63, 3.8) is 0 Å². The fourth-order valence-corrected chi connectivity index (χ4v) is 1.67. The van der Waals surface area contributed by atoms with Gasteiger partial charge < -0.3 is 11.1 Å². The van der Waals surface area contributed by atoms with Crippen LogP contribution in [0, 0.1) is 12.7 Å². The van der Waals surface area contributed by atoms with Crippen LogP contribution in [-0.2, 0) is 6.54 Å². The molecular weight excluding hydrogens is 241 g/mol. The number of nitrogens with zero attached hydrogens (tertiary/aromatic N) is 1. The van der Waals surface area contributed by atoms with Crippen LogP contribution in [0.25, 0.3) is 0 Å². The molecular formula is C15H16FN3. The molecule has 0 unspecified atom stereocenters. The summed E-state index contributed by atoms with van der Waals surface area (Å²) in [7, 11) is 0. The number of rotatable bonds is 3. The number of hydrogen-bond donors (Lipinski definition) is 2. The molecule has 98 valence electrons. The Morgan fingerprint density at radius 2 is 1.95 bits per heavy atom. The minimum atomic E-state index is -0.302. The van der Waals surface area contributed by atoms with Crippen molar-refractivity contribution in [2.45, 2.75) is 13.5 Å². The minimum Gasteiger partial charge on any atom is -0.370 e. The molecule has 2 aromatic carbocycles. The van der Waals surface area contributed by atoms with Crippen molar-refractivity contribution < 1.29 is 4.39 Å². The van der Waals surface area contributed by atoms with Crippen LogP contribution in [0.4, 0.5) is 10.1 Å². The lowest BCUT2D eigenvalue weighted by molar-refractivity contribution is 0.628. The van der Waals surface area contributed by atoms with Gasteiger partial charge in [0.1, 0.15) is 5.82 Å². The summed E-state index contributed by atoms with van der Waals surface area (Å²) in [6, 6.07) is 14.3. The van der Waals surface area contributed by atoms with Crippen LogP contribution in [-0.4, -0.2) is 5.96 Å². The molecule has 3 N–H and O–H groups in total. The highest BCUT2D eigenvalue weighted by Gasteiger charge is 2.01. The summed E-state index contributed by atoms with van der Waals surface area (Å²) in [5.41, 5.74) is 8.41. The predicted molar refractivity (Wildman–Crippen MR) is 76.5 cm³/mol. The molecule has 0 saturated carbocycles. The van der Waals surface area contributed by atoms with E-state index >= 15 is 0 Å². The van der Waals surface area contributed by atoms with E-state index in [1.807, 2.05) is 37.3 Å². The predicted octanol–water partition coefficient (Wildman–Crippen LogP) is 3.06. The molecule has 0 heterocycles. The number of halogens is 1. The van der Waals surface area contributed by atoms with Crippen LogP contribution in [0.3, 0.4) is 0 Å². The zero-order valence-electron chi connectivity index (χ0n) is 10.7. The van der Waals surface area contributed by atoms with Crippen molar-refractivity contribution in [3.8, 4) is 0 Å². The van der Waals surface area contributed by atoms with E-state index in [9.17, 15) is 4.39 Å². The highest BCUT2D eigenvalue weighted by atomic mass is 19.1. The van der Waals surface area contributed by atoms with Gasteiger partial charge in [-0.05, 0) is 30.2 Å². The van der Waals surface area contributed by atoms with Crippen LogP contribution in [0.5, 0.6) is 0 Å². The molecule has 0 radical (unpaired) electrons. The van der Waals surface area contributed by atoms with E-state index in [2.05, 4.69) is 10.3 Å². The van der Waals surface area contributed by atoms with Gasteiger partial charge in [-0.2, -0.15) is 0 Å². The topological polar surface area (TPSA) is 50.4 Å². The normalized spacial score (nSPS) is 11.4. The first-order valence-corrected chi connectivity index (χ1v) is 6.02. The number of hydrogen-bond acceptors (Lipinski definition) is 1. The van der Waals surface area contributed by atoms with Gasteiger partial charge in [0, 0.05) is 5.69 Å². The summed E-state index contributed by atoms with van der Waals surface area (Å²) < 4.78 is 13.1. The Labute approximate surface area is 112 Å². The molecule has 0 aliphatic rings. The fraction of sp³-hybridized carbons (Fsp3) is 0.133. The van der Waals surface area contributed by atoms with E-state index in [0.717, 1.165) is 11.1 Å². The maximum atomic E-state index is 13.1. The van der Waals surface area contributed by atoms with Crippen LogP contribution in [0.1, 0.15) is 11.1 Å². The largest absolute Gasteiger partial charge is 0.370 e. The average Bonchev–Trinajstić information content (AvgIpc) is 2.42. The third-order valence-electron chi connectivity index (χ3n) is 2.74. The molecule has 0 atom stereocenters. The van der Waals surface area contributed by atoms with E-state index in [1.165, 1.54) is 12.1 Å². The Hall–Kier alpha value is -2.36. The molecule has 0 aliphatic carbocycles. The van der Waals surface area contributed by atoms with Gasteiger partial charge in [-0.3, -0.25) is 0 Å². The van der Waals surface area contributed by atoms with Gasteiger partial charge >= 0.3 is 0 Å². The van der Waals surface area contributed by atoms with Crippen LogP contribution >= 0.6 is 0 Å². The molecule has 0 amide bonds. The molecule has 4 heteroatoms. The van der Waals surface area contributed by atoms with Crippen LogP contribution in [0.2, 0.25) is 0 Å². The molecule has 2 rings (SSSR count). The zero-order valence-corrected chi connectivity index (χ0v) is 10.7. The number of nitrogens with two attached hydrogens (primary N) is 1. The summed E-state index contributed by atoms with van der Waals surface area (Å²) in [5, 5.41) is 2.91. The third-order valence-corrected chi connectivity index (χ3v) is 2.74. The monoisotopic (exact) mass is 257 g/mol. The maximum Gasteiger partial charge on any atom is 0.193 e. The minimum absolute atomic E-state index is 0.276. The SMILES string of the molecule is Cc1ccc(F)cc1NC(N)=NCc1ccccc1. The van der Waals surface area contributed by atoms with E-state index in [-0.39, 0.29) is 11.8 Å². The molecule has 0 aliphatic heterocycles. The standard InChI is InChI=1S/C15H16FN3/c1-11-7-8-13(16)9-14(11)19-15(17)18-10-12-5-3-2-4-6-12/h2-9H,10H2,1H3,(H3,17,18,19). The lowest BCUT2D eigenvalue weighted by Crippen LogP contribution is -2.23. The van der Waals surface area contributed by atoms with Crippen molar-refractivity contribution in [1.29, 1.82) is 0 Å². The third kappa shape index (κ3) is 3.81. The first-order valence-electron chi connectivity index (χ1n) is 6.02. The van der Waals surface area contributed by atoms with Crippen molar-refractivity contribution in [3.05, 3.63) is 65.5 Å². The summed E-state index contributed by atoms with van der Waals surface area (Å²) >= 11 is 0. The van der Waals surface area contributed by atoms with Gasteiger partial charge in [-0.1, -0.05) is 36.4 Å². The van der Waals surface area contributed by atoms with Crippen molar-refractivity contribution in [1.82, 2.24) is 0 Å². The summed E-state index contributed by atoms with van der Waals surface area (Å²) in [6.07, 6.45) is 0. The Morgan fingerprint density at radius 3 is 2.68 bits per heavy atom. The summed E-state index contributed by atoms with van der Waals surface area (Å²) in [6.45, 7) is 2.38. The maximum absolute atomic E-state index is 13.1. The molecule has 0 bridgehead atoms. The van der Waals surface area contributed by atoms with Crippen molar-refractivity contribution in [2.24, 2.45) is 10.7 Å². The average molecular weight is 257 g/mol. The number of aryl methyl sites for hydroxylation is 1. The van der Waals surface area contributed by atoms with Gasteiger partial charge in [-0.25, -0.2) is 9.38 Å². The van der Waals surface area contributed by atoms with Gasteiger partial charge in [0.15, 0.2) is 5.96 Å². The first kappa shape index (κ1) is 13.1. The van der Waals surface area contributed by atoms with Crippen molar-refractivity contribution >= 4 is 11.6 Å². The number of aliphatic imine (C=N–C) groups is 1. The fourth-order valence-electron chi connectivity index (χ4n) is 1.67. The summed E-state index contributed by atoms with van der Waals surface area (Å²) in [5.74, 6) is -0.0264. The van der Waals surface area contributed by atoms with Gasteiger partial charge in [0.2, 0.25) is 0 Å². The van der Waals surface area contributed by atoms with Crippen molar-refractivity contribution in [2.75, 3.05) is 5.32 Å². The lowest BCUT2D eigenvalue weighted by atomic mass is 10.2. The number of guanidine groups is 1. The molecule has 2 aromatic rings. The molecule has 0 saturated heterocycles. The molecule has 0 aromatic heterocycles. The second-order valence-electron chi connectivity index (χ2n) is 4.27. The Kier molecular flexibility index (Phi) is 4.13. The van der Waals surface area contributed by atoms with Gasteiger partial charge in [0.05, 0.1) is 6.54 Å². The van der Waals surface area contributed by atoms with Gasteiger partial charge in [-0.15, -0.1) is 0 Å². The highest BCUT2D eigenvalue weighted by Crippen LogP contribution is 2.15. The molecule has 3 nitrogen and oxygen atoms in total. The van der Waals surface area contributed by atoms with Crippen LogP contribution < -0.4 is 11.1 Å². The second-order valence-corrected chi connectivity index (χ2v) is 4.27. The van der Waals surface area contributed by atoms with Gasteiger partial charge in [0.25, 0.3) is 0 Å². The Balaban J connectivity index is 2.04. The molecule has 0 spiro atoms. The number of nitrogens with one attached hydrogen (secondary N) is 1. The number of anilines is 1. The van der Waals surface area contributed by atoms with E-state index in [4.69, 9.17) is 5.73 Å².